The van der Waals surface area contributed by atoms with E-state index in [1.807, 2.05) is 43.3 Å². The molecule has 0 spiro atoms. The third kappa shape index (κ3) is 4.28. The van der Waals surface area contributed by atoms with Gasteiger partial charge in [-0.25, -0.2) is 4.79 Å². The fraction of sp³-hybridized carbons (Fsp3) is 0.148. The number of carbonyl (C=O) groups is 2. The van der Waals surface area contributed by atoms with E-state index >= 15 is 0 Å². The summed E-state index contributed by atoms with van der Waals surface area (Å²) >= 11 is 0. The van der Waals surface area contributed by atoms with Crippen LogP contribution < -0.4 is 10.3 Å². The van der Waals surface area contributed by atoms with E-state index in [1.165, 1.54) is 18.7 Å². The van der Waals surface area contributed by atoms with E-state index in [1.54, 1.807) is 36.4 Å². The van der Waals surface area contributed by atoms with Crippen molar-refractivity contribution in [2.45, 2.75) is 6.92 Å². The van der Waals surface area contributed by atoms with Gasteiger partial charge in [-0.2, -0.15) is 0 Å². The van der Waals surface area contributed by atoms with Gasteiger partial charge in [-0.1, -0.05) is 48.0 Å². The number of ketones is 1. The molecule has 0 N–H and O–H groups in total. The molecule has 166 valence electrons. The maximum Gasteiger partial charge on any atom is 0.356 e. The zero-order valence-corrected chi connectivity index (χ0v) is 18.6. The Labute approximate surface area is 191 Å². The maximum absolute atomic E-state index is 13.2. The van der Waals surface area contributed by atoms with Crippen LogP contribution in [0, 0.1) is 6.92 Å². The minimum absolute atomic E-state index is 0.102. The highest BCUT2D eigenvalue weighted by molar-refractivity contribution is 6.07. The van der Waals surface area contributed by atoms with Gasteiger partial charge in [-0.05, 0) is 48.2 Å². The number of benzene rings is 3. The van der Waals surface area contributed by atoms with Crippen LogP contribution in [-0.2, 0) is 11.8 Å². The first kappa shape index (κ1) is 22.0. The van der Waals surface area contributed by atoms with Crippen LogP contribution >= 0.6 is 0 Å². The first-order chi connectivity index (χ1) is 15.9. The van der Waals surface area contributed by atoms with Crippen LogP contribution in [0.3, 0.4) is 0 Å². The largest absolute Gasteiger partial charge is 0.497 e. The van der Waals surface area contributed by atoms with Crippen molar-refractivity contribution in [2.24, 2.45) is 7.05 Å². The van der Waals surface area contributed by atoms with Gasteiger partial charge in [-0.15, -0.1) is 0 Å². The molecule has 0 amide bonds. The molecule has 1 aromatic heterocycles. The molecule has 0 saturated carbocycles. The van der Waals surface area contributed by atoms with Gasteiger partial charge in [0, 0.05) is 23.6 Å². The lowest BCUT2D eigenvalue weighted by molar-refractivity contribution is 0.0465. The lowest BCUT2D eigenvalue weighted by atomic mass is 9.96. The molecule has 0 aliphatic rings. The van der Waals surface area contributed by atoms with Gasteiger partial charge < -0.3 is 14.0 Å². The molecule has 0 fully saturated rings. The minimum Gasteiger partial charge on any atom is -0.497 e. The number of ether oxygens (including phenoxy) is 2. The van der Waals surface area contributed by atoms with Crippen LogP contribution in [-0.4, -0.2) is 30.0 Å². The highest BCUT2D eigenvalue weighted by Gasteiger charge is 2.23. The summed E-state index contributed by atoms with van der Waals surface area (Å²) in [4.78, 5) is 38.7. The SMILES string of the molecule is COc1ccc(C(=O)COC(=O)c2c(-c3ccc(C)cc3)c3ccccc3c(=O)n2C)cc1. The molecule has 33 heavy (non-hydrogen) atoms. The molecule has 3 aromatic carbocycles. The molecular weight excluding hydrogens is 418 g/mol. The van der Waals surface area contributed by atoms with Crippen molar-refractivity contribution >= 4 is 22.5 Å². The zero-order chi connectivity index (χ0) is 23.5. The fourth-order valence-corrected chi connectivity index (χ4v) is 3.78. The number of hydrogen-bond acceptors (Lipinski definition) is 5. The summed E-state index contributed by atoms with van der Waals surface area (Å²) < 4.78 is 11.8. The van der Waals surface area contributed by atoms with Crippen LogP contribution in [0.25, 0.3) is 21.9 Å². The van der Waals surface area contributed by atoms with Crippen molar-refractivity contribution in [2.75, 3.05) is 13.7 Å². The van der Waals surface area contributed by atoms with Crippen molar-refractivity contribution in [3.05, 3.63) is 100.0 Å². The smallest absolute Gasteiger partial charge is 0.356 e. The molecule has 6 nitrogen and oxygen atoms in total. The third-order valence-corrected chi connectivity index (χ3v) is 5.58. The van der Waals surface area contributed by atoms with E-state index < -0.39 is 12.6 Å². The molecule has 0 unspecified atom stereocenters. The summed E-state index contributed by atoms with van der Waals surface area (Å²) in [5.41, 5.74) is 2.63. The number of pyridine rings is 1. The molecule has 1 heterocycles. The molecule has 4 rings (SSSR count). The monoisotopic (exact) mass is 441 g/mol. The van der Waals surface area contributed by atoms with E-state index in [2.05, 4.69) is 0 Å². The highest BCUT2D eigenvalue weighted by atomic mass is 16.5. The summed E-state index contributed by atoms with van der Waals surface area (Å²) in [6, 6.07) is 21.4. The second-order valence-corrected chi connectivity index (χ2v) is 7.73. The predicted octanol–water partition coefficient (Wildman–Crippen LogP) is 4.56. The van der Waals surface area contributed by atoms with Crippen LogP contribution in [0.15, 0.2) is 77.6 Å². The number of nitrogens with zero attached hydrogens (tertiary/aromatic N) is 1. The van der Waals surface area contributed by atoms with Crippen molar-refractivity contribution in [3.8, 4) is 16.9 Å². The molecule has 0 bridgehead atoms. The molecule has 0 atom stereocenters. The number of hydrogen-bond donors (Lipinski definition) is 0. The van der Waals surface area contributed by atoms with Crippen molar-refractivity contribution < 1.29 is 19.1 Å². The summed E-state index contributed by atoms with van der Waals surface area (Å²) in [7, 11) is 3.08. The number of fused-ring (bicyclic) bond motifs is 1. The van der Waals surface area contributed by atoms with Crippen molar-refractivity contribution in [1.29, 1.82) is 0 Å². The minimum atomic E-state index is -0.738. The number of rotatable bonds is 6. The number of aryl methyl sites for hydroxylation is 1. The Kier molecular flexibility index (Phi) is 6.09. The van der Waals surface area contributed by atoms with E-state index in [4.69, 9.17) is 9.47 Å². The Morgan fingerprint density at radius 3 is 2.15 bits per heavy atom. The van der Waals surface area contributed by atoms with E-state index in [9.17, 15) is 14.4 Å². The Balaban J connectivity index is 1.74. The van der Waals surface area contributed by atoms with Crippen molar-refractivity contribution in [3.63, 3.8) is 0 Å². The Hall–Kier alpha value is -4.19. The number of carbonyl (C=O) groups excluding carboxylic acids is 2. The molecule has 6 heteroatoms. The van der Waals surface area contributed by atoms with Crippen LogP contribution in [0.5, 0.6) is 5.75 Å². The van der Waals surface area contributed by atoms with E-state index in [0.29, 0.717) is 27.6 Å². The number of aromatic nitrogens is 1. The zero-order valence-electron chi connectivity index (χ0n) is 18.6. The number of methoxy groups -OCH3 is 1. The Morgan fingerprint density at radius 1 is 0.879 bits per heavy atom. The van der Waals surface area contributed by atoms with E-state index in [-0.39, 0.29) is 17.0 Å². The number of esters is 1. The van der Waals surface area contributed by atoms with E-state index in [0.717, 1.165) is 11.1 Å². The second-order valence-electron chi connectivity index (χ2n) is 7.73. The van der Waals surface area contributed by atoms with Gasteiger partial charge in [-0.3, -0.25) is 9.59 Å². The van der Waals surface area contributed by atoms with Crippen LogP contribution in [0.2, 0.25) is 0 Å². The molecule has 4 aromatic rings. The first-order valence-electron chi connectivity index (χ1n) is 10.4. The normalized spacial score (nSPS) is 10.8. The van der Waals surface area contributed by atoms with Gasteiger partial charge >= 0.3 is 5.97 Å². The summed E-state index contributed by atoms with van der Waals surface area (Å²) in [6.45, 7) is 1.53. The average Bonchev–Trinajstić information content (AvgIpc) is 2.85. The van der Waals surface area contributed by atoms with Crippen LogP contribution in [0.1, 0.15) is 26.4 Å². The Morgan fingerprint density at radius 2 is 1.52 bits per heavy atom. The lowest BCUT2D eigenvalue weighted by Crippen LogP contribution is -2.27. The second kappa shape index (κ2) is 9.12. The quantitative estimate of drug-likeness (QED) is 0.324. The molecule has 0 saturated heterocycles. The number of Topliss-reactive ketones (excluding diaryl/α,β-unsaturated/α-hetero) is 1. The topological polar surface area (TPSA) is 74.6 Å². The van der Waals surface area contributed by atoms with Crippen LogP contribution in [0.4, 0.5) is 0 Å². The standard InChI is InChI=1S/C27H23NO5/c1-17-8-10-19(11-9-17)24-21-6-4-5-7-22(21)26(30)28(2)25(24)27(31)33-16-23(29)18-12-14-20(32-3)15-13-18/h4-15H,16H2,1-3H3. The maximum atomic E-state index is 13.2. The Bertz CT molecular complexity index is 1400. The first-order valence-corrected chi connectivity index (χ1v) is 10.4. The van der Waals surface area contributed by atoms with Crippen molar-refractivity contribution in [1.82, 2.24) is 4.57 Å². The molecule has 0 aliphatic carbocycles. The summed E-state index contributed by atoms with van der Waals surface area (Å²) in [6.07, 6.45) is 0. The summed E-state index contributed by atoms with van der Waals surface area (Å²) in [5.74, 6) is -0.469. The fourth-order valence-electron chi connectivity index (χ4n) is 3.78. The lowest BCUT2D eigenvalue weighted by Gasteiger charge is -2.17. The van der Waals surface area contributed by atoms with Gasteiger partial charge in [0.05, 0.1) is 7.11 Å². The molecule has 0 aliphatic heterocycles. The summed E-state index contributed by atoms with van der Waals surface area (Å²) in [5, 5.41) is 1.15. The molecular formula is C27H23NO5. The van der Waals surface area contributed by atoms with Gasteiger partial charge in [0.15, 0.2) is 12.4 Å². The van der Waals surface area contributed by atoms with Gasteiger partial charge in [0.1, 0.15) is 11.4 Å². The van der Waals surface area contributed by atoms with Gasteiger partial charge in [0.2, 0.25) is 0 Å². The highest BCUT2D eigenvalue weighted by Crippen LogP contribution is 2.31. The molecule has 0 radical (unpaired) electrons. The average molecular weight is 441 g/mol. The third-order valence-electron chi connectivity index (χ3n) is 5.58. The predicted molar refractivity (Wildman–Crippen MR) is 127 cm³/mol. The van der Waals surface area contributed by atoms with Gasteiger partial charge in [0.25, 0.3) is 5.56 Å².